The smallest absolute Gasteiger partial charge is 0.103 e. The van der Waals surface area contributed by atoms with Crippen molar-refractivity contribution in [1.29, 1.82) is 0 Å². The van der Waals surface area contributed by atoms with E-state index in [0.29, 0.717) is 10.0 Å². The molecule has 0 radical (unpaired) electrons. The molecule has 2 aromatic rings. The second-order valence-corrected chi connectivity index (χ2v) is 3.85. The highest BCUT2D eigenvalue weighted by Gasteiger charge is 2.05. The van der Waals surface area contributed by atoms with Crippen LogP contribution in [0.1, 0.15) is 5.82 Å². The largest absolute Gasteiger partial charge is 0.342 e. The van der Waals surface area contributed by atoms with E-state index in [-0.39, 0.29) is 0 Å². The molecule has 1 aromatic carbocycles. The molecule has 0 fully saturated rings. The van der Waals surface area contributed by atoms with E-state index in [9.17, 15) is 0 Å². The van der Waals surface area contributed by atoms with Gasteiger partial charge in [0.05, 0.1) is 16.9 Å². The molecular formula is C10H8Cl2N2. The van der Waals surface area contributed by atoms with Crippen molar-refractivity contribution in [2.24, 2.45) is 0 Å². The highest BCUT2D eigenvalue weighted by Crippen LogP contribution is 2.28. The minimum atomic E-state index is 0.626. The number of nitrogens with one attached hydrogen (secondary N) is 1. The van der Waals surface area contributed by atoms with Gasteiger partial charge in [-0.25, -0.2) is 4.98 Å². The van der Waals surface area contributed by atoms with Crippen molar-refractivity contribution in [1.82, 2.24) is 9.97 Å². The van der Waals surface area contributed by atoms with E-state index < -0.39 is 0 Å². The Kier molecular flexibility index (Phi) is 2.48. The molecule has 0 aliphatic heterocycles. The first-order valence-corrected chi connectivity index (χ1v) is 4.89. The fourth-order valence-electron chi connectivity index (χ4n) is 1.27. The second kappa shape index (κ2) is 3.64. The molecule has 1 N–H and O–H groups in total. The molecule has 0 unspecified atom stereocenters. The van der Waals surface area contributed by atoms with E-state index in [0.717, 1.165) is 17.1 Å². The molecule has 0 bridgehead atoms. The maximum Gasteiger partial charge on any atom is 0.103 e. The summed E-state index contributed by atoms with van der Waals surface area (Å²) in [5.74, 6) is 0.867. The number of aromatic nitrogens is 2. The number of hydrogen-bond donors (Lipinski definition) is 1. The molecule has 72 valence electrons. The minimum absolute atomic E-state index is 0.626. The van der Waals surface area contributed by atoms with Gasteiger partial charge in [-0.15, -0.1) is 0 Å². The molecule has 0 saturated heterocycles. The normalized spacial score (nSPS) is 10.5. The van der Waals surface area contributed by atoms with Crippen LogP contribution in [0.15, 0.2) is 24.4 Å². The van der Waals surface area contributed by atoms with Gasteiger partial charge in [0.1, 0.15) is 5.82 Å². The van der Waals surface area contributed by atoms with Crippen LogP contribution in [0.25, 0.3) is 11.3 Å². The van der Waals surface area contributed by atoms with Gasteiger partial charge >= 0.3 is 0 Å². The van der Waals surface area contributed by atoms with Crippen LogP contribution in [-0.4, -0.2) is 9.97 Å². The average Bonchev–Trinajstić information content (AvgIpc) is 2.51. The fraction of sp³-hybridized carbons (Fsp3) is 0.100. The molecule has 0 spiro atoms. The third-order valence-corrected chi connectivity index (χ3v) is 2.47. The van der Waals surface area contributed by atoms with E-state index in [1.165, 1.54) is 0 Å². The standard InChI is InChI=1S/C10H8Cl2N2/c1-6-13-5-10(14-6)8-3-2-7(11)4-9(8)12/h2-5H,1H3,(H,13,14). The zero-order valence-electron chi connectivity index (χ0n) is 7.51. The van der Waals surface area contributed by atoms with Gasteiger partial charge < -0.3 is 4.98 Å². The fourth-order valence-corrected chi connectivity index (χ4v) is 1.78. The van der Waals surface area contributed by atoms with Gasteiger partial charge in [-0.1, -0.05) is 23.2 Å². The Bertz CT molecular complexity index is 463. The summed E-state index contributed by atoms with van der Waals surface area (Å²) >= 11 is 11.8. The number of imidazole rings is 1. The summed E-state index contributed by atoms with van der Waals surface area (Å²) in [4.78, 5) is 7.22. The predicted octanol–water partition coefficient (Wildman–Crippen LogP) is 3.69. The Morgan fingerprint density at radius 2 is 2.07 bits per heavy atom. The molecule has 4 heteroatoms. The molecule has 0 aliphatic carbocycles. The second-order valence-electron chi connectivity index (χ2n) is 3.01. The molecule has 1 aromatic heterocycles. The first-order valence-electron chi connectivity index (χ1n) is 4.14. The van der Waals surface area contributed by atoms with Crippen molar-refractivity contribution >= 4 is 23.2 Å². The van der Waals surface area contributed by atoms with Crippen LogP contribution < -0.4 is 0 Å². The van der Waals surface area contributed by atoms with Crippen LogP contribution in [0.5, 0.6) is 0 Å². The molecule has 0 aliphatic rings. The van der Waals surface area contributed by atoms with Gasteiger partial charge in [0, 0.05) is 10.6 Å². The van der Waals surface area contributed by atoms with Gasteiger partial charge in [0.15, 0.2) is 0 Å². The Labute approximate surface area is 91.9 Å². The number of aromatic amines is 1. The van der Waals surface area contributed by atoms with E-state index in [4.69, 9.17) is 23.2 Å². The zero-order chi connectivity index (χ0) is 10.1. The van der Waals surface area contributed by atoms with Gasteiger partial charge in [-0.3, -0.25) is 0 Å². The summed E-state index contributed by atoms with van der Waals surface area (Å²) in [5.41, 5.74) is 1.82. The van der Waals surface area contributed by atoms with E-state index >= 15 is 0 Å². The van der Waals surface area contributed by atoms with Crippen LogP contribution in [0.4, 0.5) is 0 Å². The minimum Gasteiger partial charge on any atom is -0.342 e. The monoisotopic (exact) mass is 226 g/mol. The van der Waals surface area contributed by atoms with Crippen molar-refractivity contribution < 1.29 is 0 Å². The van der Waals surface area contributed by atoms with Gasteiger partial charge in [-0.2, -0.15) is 0 Å². The Hall–Kier alpha value is -0.990. The number of hydrogen-bond acceptors (Lipinski definition) is 1. The van der Waals surface area contributed by atoms with Crippen LogP contribution in [0.3, 0.4) is 0 Å². The van der Waals surface area contributed by atoms with E-state index in [2.05, 4.69) is 9.97 Å². The van der Waals surface area contributed by atoms with E-state index in [1.807, 2.05) is 13.0 Å². The summed E-state index contributed by atoms with van der Waals surface area (Å²) in [6.07, 6.45) is 1.75. The lowest BCUT2D eigenvalue weighted by atomic mass is 10.2. The molecule has 14 heavy (non-hydrogen) atoms. The van der Waals surface area contributed by atoms with Crippen molar-refractivity contribution in [3.8, 4) is 11.3 Å². The van der Waals surface area contributed by atoms with Crippen LogP contribution in [0, 0.1) is 6.92 Å². The SMILES string of the molecule is Cc1ncc(-c2ccc(Cl)cc2Cl)[nH]1. The molecule has 1 heterocycles. The number of benzene rings is 1. The van der Waals surface area contributed by atoms with Gasteiger partial charge in [0.25, 0.3) is 0 Å². The number of rotatable bonds is 1. The number of halogens is 2. The topological polar surface area (TPSA) is 28.7 Å². The van der Waals surface area contributed by atoms with Gasteiger partial charge in [-0.05, 0) is 25.1 Å². The summed E-state index contributed by atoms with van der Waals surface area (Å²) < 4.78 is 0. The number of nitrogens with zero attached hydrogens (tertiary/aromatic N) is 1. The van der Waals surface area contributed by atoms with Crippen LogP contribution >= 0.6 is 23.2 Å². The first kappa shape index (κ1) is 9.56. The third kappa shape index (κ3) is 1.76. The Balaban J connectivity index is 2.52. The number of aryl methyl sites for hydroxylation is 1. The summed E-state index contributed by atoms with van der Waals surface area (Å²) in [5, 5.41) is 1.26. The van der Waals surface area contributed by atoms with Crippen molar-refractivity contribution in [3.05, 3.63) is 40.3 Å². The summed E-state index contributed by atoms with van der Waals surface area (Å²) in [6, 6.07) is 5.39. The lowest BCUT2D eigenvalue weighted by Gasteiger charge is -2.00. The average molecular weight is 227 g/mol. The predicted molar refractivity (Wildman–Crippen MR) is 58.8 cm³/mol. The number of H-pyrrole nitrogens is 1. The summed E-state index contributed by atoms with van der Waals surface area (Å²) in [6.45, 7) is 1.90. The zero-order valence-corrected chi connectivity index (χ0v) is 9.02. The lowest BCUT2D eigenvalue weighted by Crippen LogP contribution is -1.79. The van der Waals surface area contributed by atoms with Crippen LogP contribution in [0.2, 0.25) is 10.0 Å². The highest BCUT2D eigenvalue weighted by atomic mass is 35.5. The molecule has 2 rings (SSSR count). The molecule has 0 atom stereocenters. The van der Waals surface area contributed by atoms with Crippen LogP contribution in [-0.2, 0) is 0 Å². The third-order valence-electron chi connectivity index (χ3n) is 1.92. The van der Waals surface area contributed by atoms with Crippen molar-refractivity contribution in [2.75, 3.05) is 0 Å². The highest BCUT2D eigenvalue weighted by molar-refractivity contribution is 6.36. The Morgan fingerprint density at radius 3 is 2.64 bits per heavy atom. The molecule has 0 amide bonds. The Morgan fingerprint density at radius 1 is 1.29 bits per heavy atom. The summed E-state index contributed by atoms with van der Waals surface area (Å²) in [7, 11) is 0. The first-order chi connectivity index (χ1) is 6.66. The van der Waals surface area contributed by atoms with Crippen molar-refractivity contribution in [2.45, 2.75) is 6.92 Å². The van der Waals surface area contributed by atoms with Gasteiger partial charge in [0.2, 0.25) is 0 Å². The maximum absolute atomic E-state index is 6.04. The van der Waals surface area contributed by atoms with E-state index in [1.54, 1.807) is 18.3 Å². The lowest BCUT2D eigenvalue weighted by molar-refractivity contribution is 1.15. The molecular weight excluding hydrogens is 219 g/mol. The molecule has 2 nitrogen and oxygen atoms in total. The van der Waals surface area contributed by atoms with Crippen molar-refractivity contribution in [3.63, 3.8) is 0 Å². The molecule has 0 saturated carbocycles. The maximum atomic E-state index is 6.04. The quantitative estimate of drug-likeness (QED) is 0.790.